The van der Waals surface area contributed by atoms with Gasteiger partial charge >= 0.3 is 0 Å². The molecule has 1 aliphatic heterocycles. The minimum absolute atomic E-state index is 0.00693. The van der Waals surface area contributed by atoms with Crippen LogP contribution in [0.4, 0.5) is 5.82 Å². The number of halogens is 1. The molecule has 1 aromatic rings. The van der Waals surface area contributed by atoms with E-state index in [9.17, 15) is 8.42 Å². The summed E-state index contributed by atoms with van der Waals surface area (Å²) in [4.78, 5) is 3.89. The highest BCUT2D eigenvalue weighted by atomic mass is 79.9. The highest BCUT2D eigenvalue weighted by molar-refractivity contribution is 9.10. The van der Waals surface area contributed by atoms with E-state index in [1.165, 1.54) is 16.6 Å². The third kappa shape index (κ3) is 3.07. The Morgan fingerprint density at radius 1 is 1.47 bits per heavy atom. The van der Waals surface area contributed by atoms with Crippen LogP contribution in [0.25, 0.3) is 0 Å². The summed E-state index contributed by atoms with van der Waals surface area (Å²) in [7, 11) is -3.61. The van der Waals surface area contributed by atoms with Crippen molar-refractivity contribution in [1.82, 2.24) is 9.29 Å². The fraction of sp³-hybridized carbons (Fsp3) is 0.545. The van der Waals surface area contributed by atoms with Crippen LogP contribution in [-0.4, -0.2) is 42.5 Å². The lowest BCUT2D eigenvalue weighted by Gasteiger charge is -2.30. The molecule has 0 spiro atoms. The molecule has 106 valence electrons. The van der Waals surface area contributed by atoms with Crippen molar-refractivity contribution in [3.63, 3.8) is 0 Å². The fourth-order valence-electron chi connectivity index (χ4n) is 2.11. The van der Waals surface area contributed by atoms with Crippen molar-refractivity contribution in [3.8, 4) is 0 Å². The van der Waals surface area contributed by atoms with Crippen LogP contribution >= 0.6 is 15.9 Å². The molecule has 0 aromatic carbocycles. The molecule has 0 saturated carbocycles. The van der Waals surface area contributed by atoms with E-state index < -0.39 is 10.0 Å². The minimum atomic E-state index is -3.61. The van der Waals surface area contributed by atoms with Gasteiger partial charge in [0.25, 0.3) is 0 Å². The summed E-state index contributed by atoms with van der Waals surface area (Å²) in [6.45, 7) is 0.910. The molecule has 0 atom stereocenters. The number of aliphatic hydroxyl groups is 1. The Morgan fingerprint density at radius 2 is 2.11 bits per heavy atom. The topological polar surface area (TPSA) is 96.5 Å². The predicted molar refractivity (Wildman–Crippen MR) is 74.9 cm³/mol. The second-order valence-corrected chi connectivity index (χ2v) is 7.39. The molecular formula is C11H16BrN3O3S. The zero-order chi connectivity index (χ0) is 14.0. The van der Waals surface area contributed by atoms with Gasteiger partial charge in [0, 0.05) is 30.4 Å². The molecule has 2 heterocycles. The molecular weight excluding hydrogens is 334 g/mol. The number of nitrogens with zero attached hydrogens (tertiary/aromatic N) is 2. The van der Waals surface area contributed by atoms with Gasteiger partial charge in [-0.3, -0.25) is 0 Å². The summed E-state index contributed by atoms with van der Waals surface area (Å²) in [5, 5.41) is 9.07. The van der Waals surface area contributed by atoms with E-state index in [1.807, 2.05) is 0 Å². The Balaban J connectivity index is 2.26. The van der Waals surface area contributed by atoms with Crippen LogP contribution in [-0.2, 0) is 10.0 Å². The Hall–Kier alpha value is -0.700. The zero-order valence-corrected chi connectivity index (χ0v) is 12.7. The van der Waals surface area contributed by atoms with Gasteiger partial charge < -0.3 is 10.8 Å². The van der Waals surface area contributed by atoms with E-state index in [4.69, 9.17) is 10.8 Å². The number of hydrogen-bond acceptors (Lipinski definition) is 5. The summed E-state index contributed by atoms with van der Waals surface area (Å²) in [5.41, 5.74) is 5.66. The molecule has 2 rings (SSSR count). The third-order valence-electron chi connectivity index (χ3n) is 3.30. The first-order chi connectivity index (χ1) is 8.95. The van der Waals surface area contributed by atoms with Crippen LogP contribution in [0.3, 0.4) is 0 Å². The number of anilines is 1. The molecule has 1 aromatic heterocycles. The van der Waals surface area contributed by atoms with Crippen LogP contribution in [0.15, 0.2) is 21.6 Å². The SMILES string of the molecule is Nc1ncc(Br)cc1S(=O)(=O)N1CCC(CO)CC1. The molecule has 1 saturated heterocycles. The molecule has 6 nitrogen and oxygen atoms in total. The highest BCUT2D eigenvalue weighted by Gasteiger charge is 2.31. The number of nitrogen functional groups attached to an aromatic ring is 1. The quantitative estimate of drug-likeness (QED) is 0.841. The zero-order valence-electron chi connectivity index (χ0n) is 10.3. The van der Waals surface area contributed by atoms with Crippen molar-refractivity contribution in [2.45, 2.75) is 17.7 Å². The number of aliphatic hydroxyl groups excluding tert-OH is 1. The average Bonchev–Trinajstić information content (AvgIpc) is 2.41. The number of pyridine rings is 1. The Kier molecular flexibility index (Phi) is 4.44. The molecule has 3 N–H and O–H groups in total. The maximum absolute atomic E-state index is 12.5. The van der Waals surface area contributed by atoms with Crippen LogP contribution in [0.1, 0.15) is 12.8 Å². The van der Waals surface area contributed by atoms with Crippen molar-refractivity contribution >= 4 is 31.8 Å². The number of nitrogens with two attached hydrogens (primary N) is 1. The monoisotopic (exact) mass is 349 g/mol. The van der Waals surface area contributed by atoms with Gasteiger partial charge in [-0.2, -0.15) is 4.31 Å². The molecule has 0 amide bonds. The second kappa shape index (κ2) is 5.74. The Bertz CT molecular complexity index is 556. The summed E-state index contributed by atoms with van der Waals surface area (Å²) in [6.07, 6.45) is 2.79. The Labute approximate surface area is 120 Å². The second-order valence-electron chi connectivity index (χ2n) is 4.57. The van der Waals surface area contributed by atoms with Crippen LogP contribution < -0.4 is 5.73 Å². The Morgan fingerprint density at radius 3 is 2.68 bits per heavy atom. The van der Waals surface area contributed by atoms with E-state index >= 15 is 0 Å². The number of sulfonamides is 1. The lowest BCUT2D eigenvalue weighted by Crippen LogP contribution is -2.39. The molecule has 8 heteroatoms. The van der Waals surface area contributed by atoms with E-state index in [0.717, 1.165) is 0 Å². The fourth-order valence-corrected chi connectivity index (χ4v) is 4.15. The minimum Gasteiger partial charge on any atom is -0.396 e. The van der Waals surface area contributed by atoms with E-state index in [2.05, 4.69) is 20.9 Å². The van der Waals surface area contributed by atoms with Crippen molar-refractivity contribution < 1.29 is 13.5 Å². The first-order valence-electron chi connectivity index (χ1n) is 5.97. The smallest absolute Gasteiger partial charge is 0.246 e. The standard InChI is InChI=1S/C11H16BrN3O3S/c12-9-5-10(11(13)14-6-9)19(17,18)15-3-1-8(7-16)2-4-15/h5-6,8,16H,1-4,7H2,(H2,13,14). The predicted octanol–water partition coefficient (Wildman–Crippen LogP) is 0.819. The van der Waals surface area contributed by atoms with Gasteiger partial charge in [0.05, 0.1) is 0 Å². The molecule has 1 fully saturated rings. The number of hydrogen-bond donors (Lipinski definition) is 2. The van der Waals surface area contributed by atoms with E-state index in [0.29, 0.717) is 30.4 Å². The van der Waals surface area contributed by atoms with Crippen molar-refractivity contribution in [3.05, 3.63) is 16.7 Å². The van der Waals surface area contributed by atoms with E-state index in [-0.39, 0.29) is 23.2 Å². The largest absolute Gasteiger partial charge is 0.396 e. The normalized spacial score (nSPS) is 18.6. The van der Waals surface area contributed by atoms with Gasteiger partial charge in [0.1, 0.15) is 10.7 Å². The number of aromatic nitrogens is 1. The van der Waals surface area contributed by atoms with Crippen LogP contribution in [0.5, 0.6) is 0 Å². The lowest BCUT2D eigenvalue weighted by molar-refractivity contribution is 0.170. The molecule has 0 aliphatic carbocycles. The van der Waals surface area contributed by atoms with Crippen LogP contribution in [0.2, 0.25) is 0 Å². The van der Waals surface area contributed by atoms with Gasteiger partial charge in [-0.1, -0.05) is 0 Å². The molecule has 19 heavy (non-hydrogen) atoms. The van der Waals surface area contributed by atoms with Crippen molar-refractivity contribution in [1.29, 1.82) is 0 Å². The van der Waals surface area contributed by atoms with Gasteiger partial charge in [-0.05, 0) is 40.8 Å². The maximum Gasteiger partial charge on any atom is 0.246 e. The molecule has 0 unspecified atom stereocenters. The number of rotatable bonds is 3. The molecule has 0 radical (unpaired) electrons. The van der Waals surface area contributed by atoms with Gasteiger partial charge in [-0.25, -0.2) is 13.4 Å². The average molecular weight is 350 g/mol. The molecule has 1 aliphatic rings. The summed E-state index contributed by atoms with van der Waals surface area (Å²) < 4.78 is 26.9. The lowest BCUT2D eigenvalue weighted by atomic mass is 10.00. The van der Waals surface area contributed by atoms with Gasteiger partial charge in [0.2, 0.25) is 10.0 Å². The van der Waals surface area contributed by atoms with E-state index in [1.54, 1.807) is 0 Å². The van der Waals surface area contributed by atoms with Crippen LogP contribution in [0, 0.1) is 5.92 Å². The third-order valence-corrected chi connectivity index (χ3v) is 5.66. The first kappa shape index (κ1) is 14.7. The van der Waals surface area contributed by atoms with Gasteiger partial charge in [0.15, 0.2) is 0 Å². The first-order valence-corrected chi connectivity index (χ1v) is 8.20. The van der Waals surface area contributed by atoms with Crippen molar-refractivity contribution in [2.75, 3.05) is 25.4 Å². The number of piperidine rings is 1. The summed E-state index contributed by atoms with van der Waals surface area (Å²) >= 11 is 3.20. The summed E-state index contributed by atoms with van der Waals surface area (Å²) in [6, 6.07) is 1.47. The summed E-state index contributed by atoms with van der Waals surface area (Å²) in [5.74, 6) is 0.192. The van der Waals surface area contributed by atoms with Crippen molar-refractivity contribution in [2.24, 2.45) is 5.92 Å². The van der Waals surface area contributed by atoms with Gasteiger partial charge in [-0.15, -0.1) is 0 Å². The maximum atomic E-state index is 12.5. The molecule has 0 bridgehead atoms. The highest BCUT2D eigenvalue weighted by Crippen LogP contribution is 2.27.